The van der Waals surface area contributed by atoms with E-state index in [1.54, 1.807) is 7.11 Å². The first-order valence-corrected chi connectivity index (χ1v) is 4.70. The first-order valence-electron chi connectivity index (χ1n) is 4.07. The molecule has 0 radical (unpaired) electrons. The molecule has 0 aliphatic carbocycles. The molecule has 0 atom stereocenters. The lowest BCUT2D eigenvalue weighted by Crippen LogP contribution is -1.91. The number of aromatic nitrogens is 1. The van der Waals surface area contributed by atoms with Crippen LogP contribution in [0.4, 0.5) is 0 Å². The zero-order valence-corrected chi connectivity index (χ0v) is 8.71. The molecule has 13 heavy (non-hydrogen) atoms. The van der Waals surface area contributed by atoms with E-state index in [1.165, 1.54) is 0 Å². The van der Waals surface area contributed by atoms with Crippen LogP contribution in [0, 0.1) is 6.92 Å². The molecule has 1 aromatic rings. The van der Waals surface area contributed by atoms with Gasteiger partial charge in [0.15, 0.2) is 0 Å². The summed E-state index contributed by atoms with van der Waals surface area (Å²) in [4.78, 5) is 4.25. The predicted molar refractivity (Wildman–Crippen MR) is 58.4 cm³/mol. The van der Waals surface area contributed by atoms with Gasteiger partial charge in [0.05, 0.1) is 7.11 Å². The lowest BCUT2D eigenvalue weighted by molar-refractivity contribution is 0.397. The minimum atomic E-state index is 0.653. The van der Waals surface area contributed by atoms with Crippen molar-refractivity contribution in [3.8, 4) is 5.88 Å². The van der Waals surface area contributed by atoms with Gasteiger partial charge in [-0.05, 0) is 18.6 Å². The third-order valence-electron chi connectivity index (χ3n) is 1.71. The van der Waals surface area contributed by atoms with Crippen LogP contribution in [-0.4, -0.2) is 17.8 Å². The smallest absolute Gasteiger partial charge is 0.213 e. The molecule has 1 rings (SSSR count). The highest BCUT2D eigenvalue weighted by molar-refractivity contribution is 7.80. The Labute approximate surface area is 84.1 Å². The fourth-order valence-electron chi connectivity index (χ4n) is 1.02. The summed E-state index contributed by atoms with van der Waals surface area (Å²) in [6, 6.07) is 3.84. The van der Waals surface area contributed by atoms with Gasteiger partial charge < -0.3 is 4.74 Å². The second-order valence-corrected chi connectivity index (χ2v) is 2.98. The molecule has 0 saturated carbocycles. The van der Waals surface area contributed by atoms with Gasteiger partial charge in [-0.3, -0.25) is 0 Å². The van der Waals surface area contributed by atoms with E-state index in [-0.39, 0.29) is 0 Å². The van der Waals surface area contributed by atoms with Crippen molar-refractivity contribution in [1.82, 2.24) is 4.98 Å². The van der Waals surface area contributed by atoms with E-state index in [1.807, 2.05) is 31.2 Å². The Balaban J connectivity index is 2.91. The summed E-state index contributed by atoms with van der Waals surface area (Å²) < 4.78 is 5.00. The summed E-state index contributed by atoms with van der Waals surface area (Å²) in [5, 5.41) is 0. The Kier molecular flexibility index (Phi) is 3.83. The highest BCUT2D eigenvalue weighted by atomic mass is 32.1. The second kappa shape index (κ2) is 4.92. The van der Waals surface area contributed by atoms with Gasteiger partial charge in [-0.25, -0.2) is 4.98 Å². The molecule has 0 saturated heterocycles. The normalized spacial score (nSPS) is 10.7. The van der Waals surface area contributed by atoms with E-state index in [4.69, 9.17) is 4.74 Å². The van der Waals surface area contributed by atoms with Gasteiger partial charge in [0.2, 0.25) is 5.88 Å². The zero-order chi connectivity index (χ0) is 9.68. The SMILES string of the molecule is COc1ccc(C=CCS)c(C)n1. The van der Waals surface area contributed by atoms with Crippen LogP contribution in [0.15, 0.2) is 18.2 Å². The van der Waals surface area contributed by atoms with E-state index < -0.39 is 0 Å². The zero-order valence-electron chi connectivity index (χ0n) is 7.82. The number of hydrogen-bond donors (Lipinski definition) is 1. The third-order valence-corrected chi connectivity index (χ3v) is 1.92. The summed E-state index contributed by atoms with van der Waals surface area (Å²) in [7, 11) is 1.62. The molecule has 1 heterocycles. The van der Waals surface area contributed by atoms with Crippen LogP contribution < -0.4 is 4.74 Å². The molecule has 3 heteroatoms. The summed E-state index contributed by atoms with van der Waals surface area (Å²) in [5.41, 5.74) is 2.08. The Hall–Kier alpha value is -0.960. The standard InChI is InChI=1S/C10H13NOS/c1-8-9(4-3-7-13)5-6-10(11-8)12-2/h3-6,13H,7H2,1-2H3. The number of pyridine rings is 1. The van der Waals surface area contributed by atoms with Crippen LogP contribution in [0.5, 0.6) is 5.88 Å². The Morgan fingerprint density at radius 1 is 1.54 bits per heavy atom. The molecule has 0 spiro atoms. The molecule has 2 nitrogen and oxygen atoms in total. The maximum absolute atomic E-state index is 5.00. The number of ether oxygens (including phenoxy) is 1. The predicted octanol–water partition coefficient (Wildman–Crippen LogP) is 2.34. The quantitative estimate of drug-likeness (QED) is 0.748. The Morgan fingerprint density at radius 2 is 2.31 bits per heavy atom. The number of thiol groups is 1. The molecule has 0 amide bonds. The number of hydrogen-bond acceptors (Lipinski definition) is 3. The van der Waals surface area contributed by atoms with Crippen molar-refractivity contribution in [2.45, 2.75) is 6.92 Å². The molecule has 0 unspecified atom stereocenters. The van der Waals surface area contributed by atoms with Gasteiger partial charge in [-0.1, -0.05) is 12.2 Å². The van der Waals surface area contributed by atoms with E-state index >= 15 is 0 Å². The van der Waals surface area contributed by atoms with E-state index in [9.17, 15) is 0 Å². The van der Waals surface area contributed by atoms with Gasteiger partial charge >= 0.3 is 0 Å². The van der Waals surface area contributed by atoms with Gasteiger partial charge in [-0.2, -0.15) is 12.6 Å². The molecule has 70 valence electrons. The molecule has 0 bridgehead atoms. The molecule has 0 fully saturated rings. The third kappa shape index (κ3) is 2.77. The lowest BCUT2D eigenvalue weighted by atomic mass is 10.2. The average molecular weight is 195 g/mol. The second-order valence-electron chi connectivity index (χ2n) is 2.61. The summed E-state index contributed by atoms with van der Waals surface area (Å²) in [5.74, 6) is 1.39. The van der Waals surface area contributed by atoms with Crippen molar-refractivity contribution >= 4 is 18.7 Å². The number of rotatable bonds is 3. The van der Waals surface area contributed by atoms with E-state index in [0.717, 1.165) is 17.0 Å². The molecule has 0 aromatic carbocycles. The average Bonchev–Trinajstić information content (AvgIpc) is 2.16. The van der Waals surface area contributed by atoms with Gasteiger partial charge in [0, 0.05) is 17.5 Å². The summed E-state index contributed by atoms with van der Waals surface area (Å²) >= 11 is 4.09. The lowest BCUT2D eigenvalue weighted by Gasteiger charge is -2.02. The van der Waals surface area contributed by atoms with Crippen LogP contribution in [-0.2, 0) is 0 Å². The molecule has 0 N–H and O–H groups in total. The topological polar surface area (TPSA) is 22.1 Å². The molecule has 1 aromatic heterocycles. The Morgan fingerprint density at radius 3 is 2.85 bits per heavy atom. The largest absolute Gasteiger partial charge is 0.481 e. The molecular weight excluding hydrogens is 182 g/mol. The van der Waals surface area contributed by atoms with Crippen molar-refractivity contribution in [2.24, 2.45) is 0 Å². The van der Waals surface area contributed by atoms with Crippen molar-refractivity contribution in [3.05, 3.63) is 29.5 Å². The van der Waals surface area contributed by atoms with Gasteiger partial charge in [-0.15, -0.1) is 0 Å². The number of methoxy groups -OCH3 is 1. The number of nitrogens with zero attached hydrogens (tertiary/aromatic N) is 1. The van der Waals surface area contributed by atoms with Crippen LogP contribution >= 0.6 is 12.6 Å². The maximum atomic E-state index is 5.00. The van der Waals surface area contributed by atoms with Crippen molar-refractivity contribution in [3.63, 3.8) is 0 Å². The van der Waals surface area contributed by atoms with Gasteiger partial charge in [0.25, 0.3) is 0 Å². The highest BCUT2D eigenvalue weighted by Crippen LogP contribution is 2.13. The van der Waals surface area contributed by atoms with Crippen molar-refractivity contribution in [2.75, 3.05) is 12.9 Å². The minimum Gasteiger partial charge on any atom is -0.481 e. The van der Waals surface area contributed by atoms with E-state index in [2.05, 4.69) is 17.6 Å². The van der Waals surface area contributed by atoms with Crippen LogP contribution in [0.25, 0.3) is 6.08 Å². The summed E-state index contributed by atoms with van der Waals surface area (Å²) in [6.45, 7) is 1.96. The monoisotopic (exact) mass is 195 g/mol. The first kappa shape index (κ1) is 10.1. The van der Waals surface area contributed by atoms with Crippen molar-refractivity contribution in [1.29, 1.82) is 0 Å². The molecule has 0 aliphatic heterocycles. The summed E-state index contributed by atoms with van der Waals surface area (Å²) in [6.07, 6.45) is 3.99. The van der Waals surface area contributed by atoms with Gasteiger partial charge in [0.1, 0.15) is 0 Å². The first-order chi connectivity index (χ1) is 6.27. The van der Waals surface area contributed by atoms with Crippen LogP contribution in [0.3, 0.4) is 0 Å². The highest BCUT2D eigenvalue weighted by Gasteiger charge is 1.97. The van der Waals surface area contributed by atoms with Crippen LogP contribution in [0.2, 0.25) is 0 Å². The van der Waals surface area contributed by atoms with Crippen molar-refractivity contribution < 1.29 is 4.74 Å². The number of aryl methyl sites for hydroxylation is 1. The Bertz CT molecular complexity index is 310. The molecular formula is C10H13NOS. The maximum Gasteiger partial charge on any atom is 0.213 e. The minimum absolute atomic E-state index is 0.653. The van der Waals surface area contributed by atoms with Crippen LogP contribution in [0.1, 0.15) is 11.3 Å². The molecule has 0 aliphatic rings. The van der Waals surface area contributed by atoms with E-state index in [0.29, 0.717) is 5.88 Å². The fraction of sp³-hybridized carbons (Fsp3) is 0.300. The fourth-order valence-corrected chi connectivity index (χ4v) is 1.12.